The Hall–Kier alpha value is -19.1. The van der Waals surface area contributed by atoms with Crippen molar-refractivity contribution in [2.75, 3.05) is 4.90 Å². The van der Waals surface area contributed by atoms with Gasteiger partial charge >= 0.3 is 0 Å². The number of anilines is 3. The van der Waals surface area contributed by atoms with Gasteiger partial charge in [-0.1, -0.05) is 297 Å². The Morgan fingerprint density at radius 1 is 0.218 bits per heavy atom. The van der Waals surface area contributed by atoms with Crippen molar-refractivity contribution in [2.45, 2.75) is 0 Å². The van der Waals surface area contributed by atoms with E-state index >= 15 is 4.39 Å². The highest BCUT2D eigenvalue weighted by Gasteiger charge is 2.29. The minimum atomic E-state index is -1.50. The number of rotatable bonds is 12. The van der Waals surface area contributed by atoms with E-state index in [1.807, 2.05) is 152 Å². The van der Waals surface area contributed by atoms with Crippen molar-refractivity contribution in [1.29, 1.82) is 0 Å². The lowest BCUT2D eigenvalue weighted by Crippen LogP contribution is -2.13. The first-order chi connectivity index (χ1) is 70.2. The molecule has 0 saturated carbocycles. The van der Waals surface area contributed by atoms with Gasteiger partial charge in [-0.25, -0.2) is 23.1 Å². The first kappa shape index (κ1) is 81.3. The molecule has 142 heavy (non-hydrogen) atoms. The molecule has 15 heteroatoms. The van der Waals surface area contributed by atoms with Crippen LogP contribution in [0.3, 0.4) is 0 Å². The maximum Gasteiger partial charge on any atom is 0.238 e. The highest BCUT2D eigenvalue weighted by atomic mass is 19.2. The van der Waals surface area contributed by atoms with Crippen LogP contribution in [0.1, 0.15) is 0 Å². The van der Waals surface area contributed by atoms with E-state index in [4.69, 9.17) is 19.9 Å². The first-order valence-electron chi connectivity index (χ1n) is 47.3. The van der Waals surface area contributed by atoms with Gasteiger partial charge in [0.25, 0.3) is 0 Å². The molecule has 8 aromatic heterocycles. The predicted molar refractivity (Wildman–Crippen MR) is 577 cm³/mol. The van der Waals surface area contributed by atoms with Gasteiger partial charge in [0.15, 0.2) is 29.1 Å². The SMILES string of the molecule is Fc1ccc(N(c2ccccc2)c2ccc(-c3ccc4ccc5c6c(ccc3c46)cc3c5c4ccncc4n3-c3ccccc3)cc2)c(F)c1F.c1ccc(-c2nc(-c3ccccc3)nc(-n3c4ccncc4c4c5ccc6cccc7ccc(cc43)c5c76)n2)cc1.c1ccc(-c2nc3ccccc3n2-c2ccc(-c3ccc4ccc5c6c(ccc3c46)cc3c5c4cnccc4n3-c3ccccc3)cc2)cc1. The lowest BCUT2D eigenvalue weighted by molar-refractivity contribution is 0.448. The number of fused-ring (bicyclic) bond motifs is 13. The Morgan fingerprint density at radius 2 is 0.627 bits per heavy atom. The van der Waals surface area contributed by atoms with Gasteiger partial charge in [-0.3, -0.25) is 24.1 Å². The first-order valence-corrected chi connectivity index (χ1v) is 47.3. The highest BCUT2D eigenvalue weighted by Crippen LogP contribution is 2.51. The quantitative estimate of drug-likeness (QED) is 0.0878. The van der Waals surface area contributed by atoms with E-state index in [0.717, 1.165) is 128 Å². The molecule has 30 aromatic rings. The number of aromatic nitrogens is 11. The molecule has 0 bridgehead atoms. The third-order valence-electron chi connectivity index (χ3n) is 28.5. The van der Waals surface area contributed by atoms with E-state index in [1.54, 1.807) is 17.0 Å². The Balaban J connectivity index is 0.000000105. The van der Waals surface area contributed by atoms with Crippen molar-refractivity contribution in [3.63, 3.8) is 0 Å². The molecule has 0 spiro atoms. The van der Waals surface area contributed by atoms with Gasteiger partial charge < -0.3 is 14.0 Å². The van der Waals surface area contributed by atoms with E-state index in [-0.39, 0.29) is 5.69 Å². The summed E-state index contributed by atoms with van der Waals surface area (Å²) in [5.74, 6) is -1.18. The van der Waals surface area contributed by atoms with Crippen LogP contribution in [-0.2, 0) is 0 Å². The van der Waals surface area contributed by atoms with Crippen LogP contribution in [0, 0.1) is 17.5 Å². The van der Waals surface area contributed by atoms with Gasteiger partial charge in [-0.05, 0) is 241 Å². The summed E-state index contributed by atoms with van der Waals surface area (Å²) in [4.78, 5) is 35.3. The molecule has 8 heterocycles. The minimum absolute atomic E-state index is 0.0775. The summed E-state index contributed by atoms with van der Waals surface area (Å²) in [7, 11) is 0. The molecule has 0 unspecified atom stereocenters. The standard InChI is InChI=1S/C46H28N4.C45H26F3N3.C36H21N5/c1-3-9-31(10-4-1)46-48-39-13-7-8-14-41(39)50(46)34-20-15-29(16-21-34)35-22-17-30-18-24-37-44-32(19-23-36(35)43(30)44)27-42-45(37)38-28-47-26-25-40(38)49(42)33-11-5-2-6-12-33;46-37-21-22-38(45(48)44(37)47)50(30-7-3-1-4-8-30)32-16-11-27(12-17-32)33-18-13-28-14-20-36-42-29(15-19-34(33)41(28)42)25-39-43(36)35-23-24-49-26-40(35)51(39)31-9-5-2-6-10-31;1-3-8-24(9-4-1)34-38-35(25-10-5-2-6-11-25)40-36(39-34)41-29-18-19-37-21-28(29)33-27-17-16-23-13-7-12-22-14-15-26(20-30(33)41)32(27)31(22)23/h1-28H;1-26H;1-21H. The fraction of sp³-hybridized carbons (Fsp3) is 0. The average molecular weight is 1830 g/mol. The molecule has 0 saturated heterocycles. The van der Waals surface area contributed by atoms with Gasteiger partial charge in [0.05, 0.1) is 56.0 Å². The molecule has 0 aliphatic rings. The monoisotopic (exact) mass is 1820 g/mol. The lowest BCUT2D eigenvalue weighted by Gasteiger charge is -2.26. The van der Waals surface area contributed by atoms with E-state index in [0.29, 0.717) is 29.0 Å². The molecule has 664 valence electrons. The summed E-state index contributed by atoms with van der Waals surface area (Å²) in [6.07, 6.45) is 11.5. The minimum Gasteiger partial charge on any atom is -0.309 e. The number of hydrogen-bond donors (Lipinski definition) is 0. The predicted octanol–water partition coefficient (Wildman–Crippen LogP) is 33.0. The van der Waals surface area contributed by atoms with Crippen molar-refractivity contribution in [1.82, 2.24) is 53.2 Å². The number of benzene rings is 22. The maximum absolute atomic E-state index is 15.2. The van der Waals surface area contributed by atoms with Crippen molar-refractivity contribution >= 4 is 190 Å². The smallest absolute Gasteiger partial charge is 0.238 e. The fourth-order valence-electron chi connectivity index (χ4n) is 22.3. The zero-order valence-corrected chi connectivity index (χ0v) is 75.8. The largest absolute Gasteiger partial charge is 0.309 e. The van der Waals surface area contributed by atoms with Crippen LogP contribution in [-0.4, -0.2) is 53.2 Å². The van der Waals surface area contributed by atoms with Crippen molar-refractivity contribution in [3.8, 4) is 79.4 Å². The number of nitrogens with zero attached hydrogens (tertiary/aromatic N) is 12. The zero-order valence-electron chi connectivity index (χ0n) is 75.8. The molecule has 0 aliphatic carbocycles. The van der Waals surface area contributed by atoms with E-state index < -0.39 is 17.5 Å². The third-order valence-corrected chi connectivity index (χ3v) is 28.5. The molecule has 0 aliphatic heterocycles. The second-order valence-corrected chi connectivity index (χ2v) is 36.2. The molecule has 0 atom stereocenters. The molecular formula is C127H75F3N12. The van der Waals surface area contributed by atoms with Crippen LogP contribution >= 0.6 is 0 Å². The normalized spacial score (nSPS) is 11.9. The van der Waals surface area contributed by atoms with E-state index in [9.17, 15) is 8.78 Å². The van der Waals surface area contributed by atoms with Crippen LogP contribution in [0.15, 0.2) is 456 Å². The van der Waals surface area contributed by atoms with Crippen LogP contribution < -0.4 is 4.90 Å². The van der Waals surface area contributed by atoms with Crippen molar-refractivity contribution in [2.24, 2.45) is 0 Å². The van der Waals surface area contributed by atoms with Crippen LogP contribution in [0.5, 0.6) is 0 Å². The molecule has 22 aromatic carbocycles. The highest BCUT2D eigenvalue weighted by molar-refractivity contribution is 6.37. The number of hydrogen-bond acceptors (Lipinski definition) is 8. The lowest BCUT2D eigenvalue weighted by atomic mass is 9.88. The summed E-state index contributed by atoms with van der Waals surface area (Å²) < 4.78 is 52.7. The molecule has 0 amide bonds. The van der Waals surface area contributed by atoms with E-state index in [1.165, 1.54) is 120 Å². The average Bonchev–Trinajstić information content (AvgIpc) is 1.51. The third kappa shape index (κ3) is 12.8. The topological polar surface area (TPSA) is 113 Å². The Kier molecular flexibility index (Phi) is 18.6. The van der Waals surface area contributed by atoms with Gasteiger partial charge in [0.1, 0.15) is 5.82 Å². The van der Waals surface area contributed by atoms with Crippen LogP contribution in [0.25, 0.3) is 253 Å². The summed E-state index contributed by atoms with van der Waals surface area (Å²) in [6.45, 7) is 0. The summed E-state index contributed by atoms with van der Waals surface area (Å²) in [5, 5.41) is 29.1. The maximum atomic E-state index is 15.2. The summed E-state index contributed by atoms with van der Waals surface area (Å²) in [5.41, 5.74) is 20.6. The Bertz CT molecular complexity index is 10200. The second kappa shape index (κ2) is 32.6. The number of imidazole rings is 1. The van der Waals surface area contributed by atoms with E-state index in [2.05, 4.69) is 312 Å². The van der Waals surface area contributed by atoms with Crippen molar-refractivity contribution < 1.29 is 13.2 Å². The summed E-state index contributed by atoms with van der Waals surface area (Å²) in [6, 6.07) is 144. The molecule has 0 N–H and O–H groups in total. The van der Waals surface area contributed by atoms with Gasteiger partial charge in [-0.15, -0.1) is 0 Å². The molecule has 0 radical (unpaired) electrons. The Labute approximate surface area is 808 Å². The molecule has 30 rings (SSSR count). The van der Waals surface area contributed by atoms with Crippen LogP contribution in [0.4, 0.5) is 30.2 Å². The molecular weight excluding hydrogens is 1750 g/mol. The number of para-hydroxylation sites is 5. The zero-order chi connectivity index (χ0) is 93.9. The summed E-state index contributed by atoms with van der Waals surface area (Å²) >= 11 is 0. The van der Waals surface area contributed by atoms with Gasteiger partial charge in [0.2, 0.25) is 5.95 Å². The second-order valence-electron chi connectivity index (χ2n) is 36.2. The van der Waals surface area contributed by atoms with Gasteiger partial charge in [0, 0.05) is 108 Å². The fourth-order valence-corrected chi connectivity index (χ4v) is 22.3. The van der Waals surface area contributed by atoms with Crippen molar-refractivity contribution in [3.05, 3.63) is 473 Å². The molecule has 12 nitrogen and oxygen atoms in total. The number of pyridine rings is 3. The molecule has 0 fully saturated rings. The number of halogens is 3. The Morgan fingerprint density at radius 3 is 1.19 bits per heavy atom. The van der Waals surface area contributed by atoms with Gasteiger partial charge in [-0.2, -0.15) is 9.97 Å². The van der Waals surface area contributed by atoms with Crippen LogP contribution in [0.2, 0.25) is 0 Å².